The second-order valence-corrected chi connectivity index (χ2v) is 4.03. The van der Waals surface area contributed by atoms with Gasteiger partial charge in [0, 0.05) is 12.0 Å². The molecule has 0 unspecified atom stereocenters. The molecule has 0 saturated heterocycles. The molecule has 15 heavy (non-hydrogen) atoms. The zero-order valence-corrected chi connectivity index (χ0v) is 9.05. The number of hydrogen-bond donors (Lipinski definition) is 1. The van der Waals surface area contributed by atoms with Gasteiger partial charge in [-0.05, 0) is 55.5 Å². The lowest BCUT2D eigenvalue weighted by Crippen LogP contribution is -1.96. The fraction of sp³-hybridized carbons (Fsp3) is 0.429. The van der Waals surface area contributed by atoms with Crippen LogP contribution < -0.4 is 5.73 Å². The van der Waals surface area contributed by atoms with Gasteiger partial charge >= 0.3 is 0 Å². The van der Waals surface area contributed by atoms with E-state index in [1.54, 1.807) is 0 Å². The first-order valence-electron chi connectivity index (χ1n) is 5.71. The molecule has 1 aromatic rings. The number of rotatable bonds is 2. The first kappa shape index (κ1) is 10.3. The molecule has 2 N–H and O–H groups in total. The van der Waals surface area contributed by atoms with Crippen molar-refractivity contribution in [3.05, 3.63) is 34.9 Å². The molecule has 0 aliphatic heterocycles. The summed E-state index contributed by atoms with van der Waals surface area (Å²) in [6, 6.07) is 6.62. The van der Waals surface area contributed by atoms with Gasteiger partial charge in [-0.3, -0.25) is 0 Å². The Kier molecular flexibility index (Phi) is 3.42. The van der Waals surface area contributed by atoms with E-state index in [0.717, 1.165) is 24.9 Å². The third kappa shape index (κ3) is 2.61. The summed E-state index contributed by atoms with van der Waals surface area (Å²) in [4.78, 5) is 0. The van der Waals surface area contributed by atoms with Crippen LogP contribution in [0.1, 0.15) is 36.0 Å². The van der Waals surface area contributed by atoms with Crippen LogP contribution in [0.25, 0.3) is 0 Å². The van der Waals surface area contributed by atoms with E-state index in [9.17, 15) is 0 Å². The Labute approximate surface area is 91.7 Å². The van der Waals surface area contributed by atoms with Gasteiger partial charge in [0.15, 0.2) is 0 Å². The van der Waals surface area contributed by atoms with Crippen LogP contribution in [0.4, 0.5) is 0 Å². The molecule has 1 heteroatoms. The van der Waals surface area contributed by atoms with E-state index >= 15 is 0 Å². The predicted molar refractivity (Wildman–Crippen MR) is 63.6 cm³/mol. The standard InChI is InChI=1S/C14H17N/c15-10-3-1-2-5-12-8-9-13-6-4-7-14(13)11-12/h8-9,11H,1,3-4,6-7,10,15H2. The Morgan fingerprint density at radius 2 is 2.07 bits per heavy atom. The molecule has 0 fully saturated rings. The third-order valence-electron chi connectivity index (χ3n) is 2.84. The molecule has 78 valence electrons. The summed E-state index contributed by atoms with van der Waals surface area (Å²) < 4.78 is 0. The van der Waals surface area contributed by atoms with Gasteiger partial charge < -0.3 is 5.73 Å². The van der Waals surface area contributed by atoms with Crippen molar-refractivity contribution in [2.75, 3.05) is 6.54 Å². The topological polar surface area (TPSA) is 26.0 Å². The minimum Gasteiger partial charge on any atom is -0.330 e. The first-order chi connectivity index (χ1) is 7.40. The summed E-state index contributed by atoms with van der Waals surface area (Å²) in [5.74, 6) is 6.37. The predicted octanol–water partition coefficient (Wildman–Crippen LogP) is 2.27. The second-order valence-electron chi connectivity index (χ2n) is 4.03. The summed E-state index contributed by atoms with van der Waals surface area (Å²) >= 11 is 0. The molecule has 0 atom stereocenters. The maximum atomic E-state index is 5.41. The summed E-state index contributed by atoms with van der Waals surface area (Å²) in [6.45, 7) is 0.735. The molecule has 1 aromatic carbocycles. The smallest absolute Gasteiger partial charge is 0.0248 e. The Hall–Kier alpha value is -1.26. The Balaban J connectivity index is 2.05. The molecule has 0 radical (unpaired) electrons. The van der Waals surface area contributed by atoms with Gasteiger partial charge in [0.1, 0.15) is 0 Å². The van der Waals surface area contributed by atoms with E-state index in [0.29, 0.717) is 0 Å². The van der Waals surface area contributed by atoms with Crippen molar-refractivity contribution in [3.63, 3.8) is 0 Å². The van der Waals surface area contributed by atoms with E-state index in [1.807, 2.05) is 0 Å². The average Bonchev–Trinajstić information content (AvgIpc) is 2.71. The highest BCUT2D eigenvalue weighted by Crippen LogP contribution is 2.22. The van der Waals surface area contributed by atoms with E-state index in [-0.39, 0.29) is 0 Å². The fourth-order valence-electron chi connectivity index (χ4n) is 2.00. The summed E-state index contributed by atoms with van der Waals surface area (Å²) in [5.41, 5.74) is 9.59. The molecule has 1 nitrogen and oxygen atoms in total. The lowest BCUT2D eigenvalue weighted by atomic mass is 10.1. The lowest BCUT2D eigenvalue weighted by molar-refractivity contribution is 0.870. The van der Waals surface area contributed by atoms with Gasteiger partial charge in [-0.2, -0.15) is 0 Å². The maximum absolute atomic E-state index is 5.41. The number of nitrogens with two attached hydrogens (primary N) is 1. The second kappa shape index (κ2) is 5.00. The van der Waals surface area contributed by atoms with Gasteiger partial charge in [-0.1, -0.05) is 17.9 Å². The van der Waals surface area contributed by atoms with Gasteiger partial charge in [0.2, 0.25) is 0 Å². The molecule has 0 aromatic heterocycles. The van der Waals surface area contributed by atoms with Crippen molar-refractivity contribution in [2.24, 2.45) is 5.73 Å². The molecule has 0 bridgehead atoms. The highest BCUT2D eigenvalue weighted by Gasteiger charge is 2.09. The normalized spacial score (nSPS) is 13.1. The molecule has 2 rings (SSSR count). The van der Waals surface area contributed by atoms with Gasteiger partial charge in [0.05, 0.1) is 0 Å². The lowest BCUT2D eigenvalue weighted by Gasteiger charge is -1.98. The van der Waals surface area contributed by atoms with Crippen LogP contribution in [0, 0.1) is 11.8 Å². The average molecular weight is 199 g/mol. The highest BCUT2D eigenvalue weighted by molar-refractivity contribution is 5.42. The van der Waals surface area contributed by atoms with Gasteiger partial charge in [0.25, 0.3) is 0 Å². The Bertz CT molecular complexity index is 396. The van der Waals surface area contributed by atoms with Crippen LogP contribution in [-0.2, 0) is 12.8 Å². The number of fused-ring (bicyclic) bond motifs is 1. The van der Waals surface area contributed by atoms with Crippen LogP contribution in [0.3, 0.4) is 0 Å². The molecule has 0 saturated carbocycles. The highest BCUT2D eigenvalue weighted by atomic mass is 14.5. The summed E-state index contributed by atoms with van der Waals surface area (Å²) in [7, 11) is 0. The minimum atomic E-state index is 0.735. The van der Waals surface area contributed by atoms with E-state index in [1.165, 1.54) is 30.4 Å². The van der Waals surface area contributed by atoms with Crippen LogP contribution in [0.2, 0.25) is 0 Å². The molecule has 1 aliphatic carbocycles. The quantitative estimate of drug-likeness (QED) is 0.574. The van der Waals surface area contributed by atoms with Crippen molar-refractivity contribution in [3.8, 4) is 11.8 Å². The van der Waals surface area contributed by atoms with Gasteiger partial charge in [-0.15, -0.1) is 0 Å². The third-order valence-corrected chi connectivity index (χ3v) is 2.84. The molecule has 1 aliphatic rings. The number of benzene rings is 1. The van der Waals surface area contributed by atoms with E-state index in [4.69, 9.17) is 5.73 Å². The largest absolute Gasteiger partial charge is 0.330 e. The molecular weight excluding hydrogens is 182 g/mol. The van der Waals surface area contributed by atoms with Crippen molar-refractivity contribution in [1.82, 2.24) is 0 Å². The summed E-state index contributed by atoms with van der Waals surface area (Å²) in [6.07, 6.45) is 5.69. The van der Waals surface area contributed by atoms with Crippen molar-refractivity contribution < 1.29 is 0 Å². The molecule has 0 spiro atoms. The van der Waals surface area contributed by atoms with Crippen LogP contribution >= 0.6 is 0 Å². The van der Waals surface area contributed by atoms with Crippen molar-refractivity contribution in [2.45, 2.75) is 32.1 Å². The van der Waals surface area contributed by atoms with Crippen LogP contribution in [0.15, 0.2) is 18.2 Å². The number of aryl methyl sites for hydroxylation is 2. The monoisotopic (exact) mass is 199 g/mol. The van der Waals surface area contributed by atoms with Crippen LogP contribution in [-0.4, -0.2) is 6.54 Å². The SMILES string of the molecule is NCCCC#Cc1ccc2c(c1)CCC2. The van der Waals surface area contributed by atoms with E-state index in [2.05, 4.69) is 30.0 Å². The fourth-order valence-corrected chi connectivity index (χ4v) is 2.00. The summed E-state index contributed by atoms with van der Waals surface area (Å²) in [5, 5.41) is 0. The van der Waals surface area contributed by atoms with Gasteiger partial charge in [-0.25, -0.2) is 0 Å². The maximum Gasteiger partial charge on any atom is 0.0248 e. The molecular formula is C14H17N. The number of unbranched alkanes of at least 4 members (excludes halogenated alkanes) is 1. The molecule has 0 amide bonds. The van der Waals surface area contributed by atoms with Crippen LogP contribution in [0.5, 0.6) is 0 Å². The first-order valence-corrected chi connectivity index (χ1v) is 5.71. The van der Waals surface area contributed by atoms with E-state index < -0.39 is 0 Å². The zero-order valence-electron chi connectivity index (χ0n) is 9.05. The van der Waals surface area contributed by atoms with Crippen molar-refractivity contribution >= 4 is 0 Å². The Morgan fingerprint density at radius 3 is 2.93 bits per heavy atom. The molecule has 0 heterocycles. The van der Waals surface area contributed by atoms with Crippen molar-refractivity contribution in [1.29, 1.82) is 0 Å². The minimum absolute atomic E-state index is 0.735. The number of hydrogen-bond acceptors (Lipinski definition) is 1. The Morgan fingerprint density at radius 1 is 1.20 bits per heavy atom. The zero-order chi connectivity index (χ0) is 10.5.